The predicted octanol–water partition coefficient (Wildman–Crippen LogP) is 3.35. The third-order valence-corrected chi connectivity index (χ3v) is 3.16. The van der Waals surface area contributed by atoms with Crippen molar-refractivity contribution in [2.45, 2.75) is 51.6 Å². The summed E-state index contributed by atoms with van der Waals surface area (Å²) in [5, 5.41) is 3.42. The summed E-state index contributed by atoms with van der Waals surface area (Å²) in [6, 6.07) is 11.2. The van der Waals surface area contributed by atoms with E-state index in [1.54, 1.807) is 0 Å². The molecule has 0 aliphatic carbocycles. The maximum Gasteiger partial charge on any atom is 0.0660 e. The van der Waals surface area contributed by atoms with Gasteiger partial charge in [0.25, 0.3) is 0 Å². The molecular weight excluding hydrogens is 206 g/mol. The van der Waals surface area contributed by atoms with E-state index in [2.05, 4.69) is 62.3 Å². The van der Waals surface area contributed by atoms with Gasteiger partial charge in [0.15, 0.2) is 0 Å². The van der Waals surface area contributed by atoms with Crippen LogP contribution in [0.4, 0.5) is 0 Å². The fourth-order valence-corrected chi connectivity index (χ4v) is 2.31. The molecule has 92 valence electrons. The third kappa shape index (κ3) is 4.24. The van der Waals surface area contributed by atoms with Crippen LogP contribution in [0.1, 0.15) is 39.7 Å². The summed E-state index contributed by atoms with van der Waals surface area (Å²) < 4.78 is 0. The van der Waals surface area contributed by atoms with Crippen molar-refractivity contribution in [2.75, 3.05) is 0 Å². The van der Waals surface area contributed by atoms with E-state index in [0.717, 1.165) is 6.42 Å². The van der Waals surface area contributed by atoms with E-state index in [4.69, 9.17) is 6.42 Å². The SMILES string of the molecule is C#CC(C)NC(C)CC(C)(C)c1ccccc1. The van der Waals surface area contributed by atoms with Crippen LogP contribution in [-0.4, -0.2) is 12.1 Å². The summed E-state index contributed by atoms with van der Waals surface area (Å²) in [5.74, 6) is 2.71. The molecule has 0 amide bonds. The Kier molecular flexibility index (Phi) is 4.78. The number of hydrogen-bond acceptors (Lipinski definition) is 1. The van der Waals surface area contributed by atoms with Crippen LogP contribution in [-0.2, 0) is 5.41 Å². The van der Waals surface area contributed by atoms with Crippen LogP contribution >= 0.6 is 0 Å². The molecule has 0 bridgehead atoms. The van der Waals surface area contributed by atoms with E-state index in [9.17, 15) is 0 Å². The second kappa shape index (κ2) is 5.89. The molecule has 2 unspecified atom stereocenters. The zero-order valence-corrected chi connectivity index (χ0v) is 11.3. The molecule has 0 fully saturated rings. The first-order valence-electron chi connectivity index (χ1n) is 6.23. The third-order valence-electron chi connectivity index (χ3n) is 3.16. The minimum absolute atomic E-state index is 0.136. The molecule has 0 aliphatic heterocycles. The summed E-state index contributed by atoms with van der Waals surface area (Å²) in [7, 11) is 0. The van der Waals surface area contributed by atoms with Gasteiger partial charge in [-0.2, -0.15) is 0 Å². The maximum absolute atomic E-state index is 5.38. The zero-order chi connectivity index (χ0) is 12.9. The molecule has 0 heterocycles. The van der Waals surface area contributed by atoms with E-state index >= 15 is 0 Å². The van der Waals surface area contributed by atoms with Gasteiger partial charge in [-0.25, -0.2) is 0 Å². The molecule has 0 aromatic heterocycles. The summed E-state index contributed by atoms with van der Waals surface area (Å²) in [4.78, 5) is 0. The van der Waals surface area contributed by atoms with E-state index in [1.807, 2.05) is 6.92 Å². The van der Waals surface area contributed by atoms with Crippen molar-refractivity contribution in [3.8, 4) is 12.3 Å². The Morgan fingerprint density at radius 1 is 1.24 bits per heavy atom. The Hall–Kier alpha value is -1.26. The molecule has 1 N–H and O–H groups in total. The van der Waals surface area contributed by atoms with Gasteiger partial charge in [0.05, 0.1) is 6.04 Å². The number of nitrogens with one attached hydrogen (secondary N) is 1. The van der Waals surface area contributed by atoms with E-state index in [-0.39, 0.29) is 11.5 Å². The second-order valence-electron chi connectivity index (χ2n) is 5.41. The molecule has 0 radical (unpaired) electrons. The summed E-state index contributed by atoms with van der Waals surface area (Å²) in [6.45, 7) is 8.77. The fraction of sp³-hybridized carbons (Fsp3) is 0.500. The second-order valence-corrected chi connectivity index (χ2v) is 5.41. The van der Waals surface area contributed by atoms with Crippen LogP contribution in [0.25, 0.3) is 0 Å². The Bertz CT molecular complexity index is 372. The minimum Gasteiger partial charge on any atom is -0.301 e. The first kappa shape index (κ1) is 13.8. The van der Waals surface area contributed by atoms with Gasteiger partial charge in [-0.3, -0.25) is 0 Å². The van der Waals surface area contributed by atoms with Crippen LogP contribution < -0.4 is 5.32 Å². The highest BCUT2D eigenvalue weighted by Gasteiger charge is 2.23. The highest BCUT2D eigenvalue weighted by molar-refractivity contribution is 5.23. The predicted molar refractivity (Wildman–Crippen MR) is 75.0 cm³/mol. The largest absolute Gasteiger partial charge is 0.301 e. The van der Waals surface area contributed by atoms with Gasteiger partial charge in [0.2, 0.25) is 0 Å². The summed E-state index contributed by atoms with van der Waals surface area (Å²) in [6.07, 6.45) is 6.46. The normalized spacial score (nSPS) is 15.0. The molecule has 1 aromatic rings. The molecule has 17 heavy (non-hydrogen) atoms. The van der Waals surface area contributed by atoms with Crippen molar-refractivity contribution in [3.63, 3.8) is 0 Å². The molecule has 2 atom stereocenters. The molecule has 0 aliphatic rings. The lowest BCUT2D eigenvalue weighted by Crippen LogP contribution is -2.37. The topological polar surface area (TPSA) is 12.0 Å². The Morgan fingerprint density at radius 3 is 2.35 bits per heavy atom. The average Bonchev–Trinajstić information content (AvgIpc) is 2.29. The first-order chi connectivity index (χ1) is 7.95. The van der Waals surface area contributed by atoms with Gasteiger partial charge < -0.3 is 5.32 Å². The Labute approximate surface area is 106 Å². The Morgan fingerprint density at radius 2 is 1.82 bits per heavy atom. The van der Waals surface area contributed by atoms with Gasteiger partial charge >= 0.3 is 0 Å². The lowest BCUT2D eigenvalue weighted by molar-refractivity contribution is 0.381. The highest BCUT2D eigenvalue weighted by Crippen LogP contribution is 2.28. The van der Waals surface area contributed by atoms with Gasteiger partial charge in [-0.1, -0.05) is 50.1 Å². The molecule has 0 saturated carbocycles. The van der Waals surface area contributed by atoms with Crippen molar-refractivity contribution in [1.29, 1.82) is 0 Å². The standard InChI is InChI=1S/C16H23N/c1-6-13(2)17-14(3)12-16(4,5)15-10-8-7-9-11-15/h1,7-11,13-14,17H,12H2,2-5H3. The van der Waals surface area contributed by atoms with E-state index < -0.39 is 0 Å². The van der Waals surface area contributed by atoms with E-state index in [1.165, 1.54) is 5.56 Å². The number of rotatable bonds is 5. The highest BCUT2D eigenvalue weighted by atomic mass is 14.9. The van der Waals surface area contributed by atoms with Crippen molar-refractivity contribution in [2.24, 2.45) is 0 Å². The molecule has 1 rings (SSSR count). The van der Waals surface area contributed by atoms with Crippen LogP contribution in [0.2, 0.25) is 0 Å². The van der Waals surface area contributed by atoms with E-state index in [0.29, 0.717) is 6.04 Å². The first-order valence-corrected chi connectivity index (χ1v) is 6.23. The molecule has 1 heteroatoms. The number of benzene rings is 1. The van der Waals surface area contributed by atoms with Crippen LogP contribution in [0.3, 0.4) is 0 Å². The minimum atomic E-state index is 0.136. The zero-order valence-electron chi connectivity index (χ0n) is 11.3. The smallest absolute Gasteiger partial charge is 0.0660 e. The van der Waals surface area contributed by atoms with Crippen LogP contribution in [0, 0.1) is 12.3 Å². The monoisotopic (exact) mass is 229 g/mol. The van der Waals surface area contributed by atoms with Crippen molar-refractivity contribution in [3.05, 3.63) is 35.9 Å². The van der Waals surface area contributed by atoms with Gasteiger partial charge in [-0.05, 0) is 31.2 Å². The van der Waals surface area contributed by atoms with Gasteiger partial charge in [0, 0.05) is 6.04 Å². The number of hydrogen-bond donors (Lipinski definition) is 1. The lowest BCUT2D eigenvalue weighted by Gasteiger charge is -2.30. The maximum atomic E-state index is 5.38. The van der Waals surface area contributed by atoms with Crippen molar-refractivity contribution in [1.82, 2.24) is 5.32 Å². The van der Waals surface area contributed by atoms with Crippen LogP contribution in [0.15, 0.2) is 30.3 Å². The summed E-state index contributed by atoms with van der Waals surface area (Å²) in [5.41, 5.74) is 1.55. The molecule has 0 saturated heterocycles. The fourth-order valence-electron chi connectivity index (χ4n) is 2.31. The Balaban J connectivity index is 2.64. The van der Waals surface area contributed by atoms with Crippen molar-refractivity contribution < 1.29 is 0 Å². The number of terminal acetylenes is 1. The molecule has 0 spiro atoms. The molecular formula is C16H23N. The van der Waals surface area contributed by atoms with Gasteiger partial charge in [0.1, 0.15) is 0 Å². The lowest BCUT2D eigenvalue weighted by atomic mass is 9.79. The van der Waals surface area contributed by atoms with Gasteiger partial charge in [-0.15, -0.1) is 6.42 Å². The quantitative estimate of drug-likeness (QED) is 0.763. The van der Waals surface area contributed by atoms with Crippen molar-refractivity contribution >= 4 is 0 Å². The summed E-state index contributed by atoms with van der Waals surface area (Å²) >= 11 is 0. The molecule has 1 aromatic carbocycles. The van der Waals surface area contributed by atoms with Crippen LogP contribution in [0.5, 0.6) is 0 Å². The molecule has 1 nitrogen and oxygen atoms in total. The average molecular weight is 229 g/mol.